The number of rotatable bonds is 9. The molecule has 102 valence electrons. The first-order valence-corrected chi connectivity index (χ1v) is 5.63. The van der Waals surface area contributed by atoms with Gasteiger partial charge >= 0.3 is 0 Å². The van der Waals surface area contributed by atoms with E-state index in [9.17, 15) is 0 Å². The number of nitrogens with two attached hydrogens (primary N) is 1. The van der Waals surface area contributed by atoms with Crippen LogP contribution in [0.15, 0.2) is 6.33 Å². The number of hydrogen-bond acceptors (Lipinski definition) is 7. The average molecular weight is 257 g/mol. The predicted octanol–water partition coefficient (Wildman–Crippen LogP) is 0.499. The van der Waals surface area contributed by atoms with Gasteiger partial charge in [0.2, 0.25) is 11.8 Å². The number of nitrogens with zero attached hydrogens (tertiary/aromatic N) is 2. The number of aromatic nitrogens is 2. The minimum atomic E-state index is 0.291. The smallest absolute Gasteiger partial charge is 0.244 e. The monoisotopic (exact) mass is 257 g/mol. The van der Waals surface area contributed by atoms with Crippen molar-refractivity contribution in [3.63, 3.8) is 0 Å². The van der Waals surface area contributed by atoms with Crippen molar-refractivity contribution in [1.29, 1.82) is 0 Å². The van der Waals surface area contributed by atoms with Crippen molar-refractivity contribution < 1.29 is 18.9 Å². The Morgan fingerprint density at radius 1 is 1.06 bits per heavy atom. The minimum absolute atomic E-state index is 0.291. The molecule has 0 amide bonds. The maximum Gasteiger partial charge on any atom is 0.244 e. The summed E-state index contributed by atoms with van der Waals surface area (Å²) in [4.78, 5) is 7.77. The molecule has 0 aliphatic carbocycles. The molecule has 2 N–H and O–H groups in total. The van der Waals surface area contributed by atoms with E-state index < -0.39 is 0 Å². The highest BCUT2D eigenvalue weighted by atomic mass is 16.5. The van der Waals surface area contributed by atoms with E-state index in [1.54, 1.807) is 7.11 Å². The van der Waals surface area contributed by atoms with Gasteiger partial charge < -0.3 is 24.7 Å². The van der Waals surface area contributed by atoms with Crippen LogP contribution in [-0.2, 0) is 9.47 Å². The molecule has 0 saturated heterocycles. The molecule has 0 spiro atoms. The molecule has 7 nitrogen and oxygen atoms in total. The van der Waals surface area contributed by atoms with Crippen LogP contribution in [0.2, 0.25) is 0 Å². The Kier molecular flexibility index (Phi) is 6.82. The highest BCUT2D eigenvalue weighted by Crippen LogP contribution is 2.25. The van der Waals surface area contributed by atoms with E-state index in [0.29, 0.717) is 43.9 Å². The summed E-state index contributed by atoms with van der Waals surface area (Å²) in [7, 11) is 3.15. The van der Waals surface area contributed by atoms with Gasteiger partial charge in [0.05, 0.1) is 13.7 Å². The van der Waals surface area contributed by atoms with Gasteiger partial charge in [-0.1, -0.05) is 0 Å². The fourth-order valence-electron chi connectivity index (χ4n) is 1.25. The second-order valence-electron chi connectivity index (χ2n) is 3.41. The summed E-state index contributed by atoms with van der Waals surface area (Å²) in [6.45, 7) is 2.17. The van der Waals surface area contributed by atoms with E-state index in [0.717, 1.165) is 6.42 Å². The van der Waals surface area contributed by atoms with Crippen molar-refractivity contribution in [2.24, 2.45) is 0 Å². The lowest BCUT2D eigenvalue weighted by atomic mass is 10.5. The summed E-state index contributed by atoms with van der Waals surface area (Å²) in [6, 6.07) is 0. The van der Waals surface area contributed by atoms with Gasteiger partial charge in [-0.15, -0.1) is 0 Å². The van der Waals surface area contributed by atoms with Crippen molar-refractivity contribution in [3.05, 3.63) is 6.33 Å². The van der Waals surface area contributed by atoms with Crippen LogP contribution in [0.25, 0.3) is 0 Å². The summed E-state index contributed by atoms with van der Waals surface area (Å²) < 4.78 is 20.6. The Morgan fingerprint density at radius 3 is 2.56 bits per heavy atom. The number of hydrogen-bond donors (Lipinski definition) is 1. The lowest BCUT2D eigenvalue weighted by Crippen LogP contribution is -2.11. The molecular formula is C11H19N3O4. The maximum atomic E-state index is 5.74. The van der Waals surface area contributed by atoms with Crippen molar-refractivity contribution in [2.75, 3.05) is 46.4 Å². The van der Waals surface area contributed by atoms with E-state index >= 15 is 0 Å². The Bertz CT molecular complexity index is 349. The second kappa shape index (κ2) is 8.48. The SMILES string of the molecule is COCCCOCCOc1ncnc(OC)c1N. The summed E-state index contributed by atoms with van der Waals surface area (Å²) in [5.74, 6) is 0.614. The zero-order valence-corrected chi connectivity index (χ0v) is 10.7. The molecule has 0 fully saturated rings. The standard InChI is InChI=1S/C11H19N3O4/c1-15-4-3-5-17-6-7-18-11-9(12)10(16-2)13-8-14-11/h8H,3-7,12H2,1-2H3. The molecule has 1 aromatic rings. The van der Waals surface area contributed by atoms with Crippen LogP contribution in [-0.4, -0.2) is 50.6 Å². The quantitative estimate of drug-likeness (QED) is 0.644. The average Bonchev–Trinajstić information content (AvgIpc) is 2.39. The van der Waals surface area contributed by atoms with Gasteiger partial charge in [-0.25, -0.2) is 0 Å². The summed E-state index contributed by atoms with van der Waals surface area (Å²) >= 11 is 0. The van der Waals surface area contributed by atoms with E-state index in [1.165, 1.54) is 13.4 Å². The largest absolute Gasteiger partial charge is 0.479 e. The van der Waals surface area contributed by atoms with E-state index in [1.807, 2.05) is 0 Å². The Morgan fingerprint density at radius 2 is 1.83 bits per heavy atom. The predicted molar refractivity (Wildman–Crippen MR) is 65.8 cm³/mol. The van der Waals surface area contributed by atoms with Gasteiger partial charge in [0.25, 0.3) is 0 Å². The summed E-state index contributed by atoms with van der Waals surface area (Å²) in [5.41, 5.74) is 6.03. The fraction of sp³-hybridized carbons (Fsp3) is 0.636. The van der Waals surface area contributed by atoms with Crippen LogP contribution in [0.1, 0.15) is 6.42 Å². The number of methoxy groups -OCH3 is 2. The molecule has 0 aliphatic heterocycles. The van der Waals surface area contributed by atoms with Crippen molar-refractivity contribution in [2.45, 2.75) is 6.42 Å². The number of ether oxygens (including phenoxy) is 4. The molecule has 0 bridgehead atoms. The van der Waals surface area contributed by atoms with Gasteiger partial charge in [-0.2, -0.15) is 9.97 Å². The van der Waals surface area contributed by atoms with Crippen LogP contribution in [0.4, 0.5) is 5.69 Å². The van der Waals surface area contributed by atoms with Crippen LogP contribution < -0.4 is 15.2 Å². The highest BCUT2D eigenvalue weighted by Gasteiger charge is 2.08. The lowest BCUT2D eigenvalue weighted by Gasteiger charge is -2.09. The Labute approximate surface area is 106 Å². The van der Waals surface area contributed by atoms with Crippen molar-refractivity contribution in [1.82, 2.24) is 9.97 Å². The molecule has 0 unspecified atom stereocenters. The minimum Gasteiger partial charge on any atom is -0.479 e. The molecule has 1 aromatic heterocycles. The molecule has 0 aromatic carbocycles. The third kappa shape index (κ3) is 4.72. The molecule has 18 heavy (non-hydrogen) atoms. The molecule has 1 rings (SSSR count). The van der Waals surface area contributed by atoms with Crippen LogP contribution in [0.3, 0.4) is 0 Å². The van der Waals surface area contributed by atoms with Crippen LogP contribution in [0.5, 0.6) is 11.8 Å². The van der Waals surface area contributed by atoms with E-state index in [4.69, 9.17) is 24.7 Å². The Balaban J connectivity index is 2.23. The summed E-state index contributed by atoms with van der Waals surface area (Å²) in [5, 5.41) is 0. The molecule has 0 radical (unpaired) electrons. The third-order valence-corrected chi connectivity index (χ3v) is 2.11. The first kappa shape index (κ1) is 14.5. The summed E-state index contributed by atoms with van der Waals surface area (Å²) in [6.07, 6.45) is 2.20. The number of anilines is 1. The van der Waals surface area contributed by atoms with Crippen molar-refractivity contribution >= 4 is 5.69 Å². The topological polar surface area (TPSA) is 88.7 Å². The third-order valence-electron chi connectivity index (χ3n) is 2.11. The van der Waals surface area contributed by atoms with E-state index in [2.05, 4.69) is 9.97 Å². The van der Waals surface area contributed by atoms with Crippen LogP contribution >= 0.6 is 0 Å². The Hall–Kier alpha value is -1.60. The maximum absolute atomic E-state index is 5.74. The van der Waals surface area contributed by atoms with Gasteiger partial charge in [0, 0.05) is 20.3 Å². The normalized spacial score (nSPS) is 10.3. The fourth-order valence-corrected chi connectivity index (χ4v) is 1.25. The van der Waals surface area contributed by atoms with E-state index in [-0.39, 0.29) is 0 Å². The van der Waals surface area contributed by atoms with Gasteiger partial charge in [-0.3, -0.25) is 0 Å². The molecule has 1 heterocycles. The molecule has 7 heteroatoms. The second-order valence-corrected chi connectivity index (χ2v) is 3.41. The zero-order chi connectivity index (χ0) is 13.2. The first-order valence-electron chi connectivity index (χ1n) is 5.63. The molecule has 0 atom stereocenters. The molecule has 0 saturated carbocycles. The van der Waals surface area contributed by atoms with Gasteiger partial charge in [0.15, 0.2) is 5.69 Å². The first-order chi connectivity index (χ1) is 8.79. The van der Waals surface area contributed by atoms with Gasteiger partial charge in [0.1, 0.15) is 12.9 Å². The lowest BCUT2D eigenvalue weighted by molar-refractivity contribution is 0.0796. The molecular weight excluding hydrogens is 238 g/mol. The van der Waals surface area contributed by atoms with Crippen molar-refractivity contribution in [3.8, 4) is 11.8 Å². The highest BCUT2D eigenvalue weighted by molar-refractivity contribution is 5.55. The number of nitrogen functional groups attached to an aromatic ring is 1. The molecule has 0 aliphatic rings. The van der Waals surface area contributed by atoms with Crippen LogP contribution in [0, 0.1) is 0 Å². The van der Waals surface area contributed by atoms with Gasteiger partial charge in [-0.05, 0) is 6.42 Å². The zero-order valence-electron chi connectivity index (χ0n) is 10.7.